The summed E-state index contributed by atoms with van der Waals surface area (Å²) < 4.78 is 61.7. The SMILES string of the molecule is CC1(C)C(=O)N(c2ccc(S(=O)(=O)C(F)(F)F)cc2)C(=O)N1Cc1cc(N)nc2ccccc12. The molecule has 1 aliphatic rings. The molecule has 1 fully saturated rings. The molecule has 0 atom stereocenters. The van der Waals surface area contributed by atoms with Crippen molar-refractivity contribution in [1.29, 1.82) is 0 Å². The molecule has 0 aliphatic carbocycles. The third-order valence-electron chi connectivity index (χ3n) is 5.68. The molecule has 0 radical (unpaired) electrons. The predicted octanol–water partition coefficient (Wildman–Crippen LogP) is 3.86. The van der Waals surface area contributed by atoms with Gasteiger partial charge in [-0.15, -0.1) is 0 Å². The lowest BCUT2D eigenvalue weighted by Crippen LogP contribution is -2.43. The van der Waals surface area contributed by atoms with Crippen molar-refractivity contribution >= 4 is 44.2 Å². The second-order valence-electron chi connectivity index (χ2n) is 8.23. The van der Waals surface area contributed by atoms with Gasteiger partial charge in [-0.2, -0.15) is 13.2 Å². The van der Waals surface area contributed by atoms with Crippen molar-refractivity contribution in [2.75, 3.05) is 10.6 Å². The van der Waals surface area contributed by atoms with Gasteiger partial charge in [0, 0.05) is 11.9 Å². The number of hydrogen-bond acceptors (Lipinski definition) is 6. The second-order valence-corrected chi connectivity index (χ2v) is 10.2. The quantitative estimate of drug-likeness (QED) is 0.554. The molecular formula is C22H19F3N4O4S. The number of benzene rings is 2. The van der Waals surface area contributed by atoms with E-state index in [9.17, 15) is 31.2 Å². The Morgan fingerprint density at radius 3 is 2.26 bits per heavy atom. The van der Waals surface area contributed by atoms with Gasteiger partial charge in [0.15, 0.2) is 0 Å². The largest absolute Gasteiger partial charge is 0.501 e. The highest BCUT2D eigenvalue weighted by molar-refractivity contribution is 7.92. The molecular weight excluding hydrogens is 473 g/mol. The number of fused-ring (bicyclic) bond motifs is 1. The van der Waals surface area contributed by atoms with Crippen LogP contribution in [0.4, 0.5) is 29.5 Å². The summed E-state index contributed by atoms with van der Waals surface area (Å²) in [5.74, 6) is -0.377. The maximum atomic E-state index is 13.3. The van der Waals surface area contributed by atoms with E-state index < -0.39 is 37.7 Å². The molecule has 3 aromatic rings. The zero-order valence-electron chi connectivity index (χ0n) is 18.0. The highest BCUT2D eigenvalue weighted by atomic mass is 32.2. The number of para-hydroxylation sites is 1. The van der Waals surface area contributed by atoms with E-state index in [0.29, 0.717) is 23.2 Å². The zero-order chi connectivity index (χ0) is 25.1. The molecule has 178 valence electrons. The van der Waals surface area contributed by atoms with E-state index in [2.05, 4.69) is 4.98 Å². The van der Waals surface area contributed by atoms with Crippen LogP contribution < -0.4 is 10.6 Å². The van der Waals surface area contributed by atoms with Gasteiger partial charge in [0.05, 0.1) is 16.1 Å². The number of carbonyl (C=O) groups is 2. The summed E-state index contributed by atoms with van der Waals surface area (Å²) in [4.78, 5) is 31.8. The number of amides is 3. The Labute approximate surface area is 192 Å². The summed E-state index contributed by atoms with van der Waals surface area (Å²) in [7, 11) is -5.56. The van der Waals surface area contributed by atoms with Crippen LogP contribution in [-0.4, -0.2) is 41.3 Å². The summed E-state index contributed by atoms with van der Waals surface area (Å²) in [6.07, 6.45) is 0. The topological polar surface area (TPSA) is 114 Å². The number of hydrogen-bond donors (Lipinski definition) is 1. The molecule has 2 heterocycles. The number of rotatable bonds is 4. The van der Waals surface area contributed by atoms with Gasteiger partial charge in [-0.3, -0.25) is 4.79 Å². The molecule has 0 saturated carbocycles. The highest BCUT2D eigenvalue weighted by Gasteiger charge is 2.52. The lowest BCUT2D eigenvalue weighted by molar-refractivity contribution is -0.123. The van der Waals surface area contributed by atoms with Gasteiger partial charge in [0.2, 0.25) is 0 Å². The van der Waals surface area contributed by atoms with E-state index in [0.717, 1.165) is 22.4 Å². The number of sulfone groups is 1. The van der Waals surface area contributed by atoms with E-state index in [1.807, 2.05) is 6.07 Å². The summed E-state index contributed by atoms with van der Waals surface area (Å²) in [5.41, 5.74) is 0.362. The number of nitrogens with zero attached hydrogens (tertiary/aromatic N) is 3. The van der Waals surface area contributed by atoms with E-state index in [4.69, 9.17) is 5.73 Å². The number of alkyl halides is 3. The van der Waals surface area contributed by atoms with Gasteiger partial charge < -0.3 is 10.6 Å². The van der Waals surface area contributed by atoms with Gasteiger partial charge in [-0.25, -0.2) is 23.1 Å². The average molecular weight is 492 g/mol. The van der Waals surface area contributed by atoms with Crippen LogP contribution in [0.25, 0.3) is 10.9 Å². The fourth-order valence-corrected chi connectivity index (χ4v) is 4.57. The predicted molar refractivity (Wildman–Crippen MR) is 118 cm³/mol. The molecule has 34 heavy (non-hydrogen) atoms. The Hall–Kier alpha value is -3.67. The van der Waals surface area contributed by atoms with Crippen molar-refractivity contribution in [3.8, 4) is 0 Å². The van der Waals surface area contributed by atoms with E-state index >= 15 is 0 Å². The van der Waals surface area contributed by atoms with E-state index in [1.165, 1.54) is 4.90 Å². The minimum absolute atomic E-state index is 0.0157. The second kappa shape index (κ2) is 7.69. The average Bonchev–Trinajstić information content (AvgIpc) is 2.92. The minimum Gasteiger partial charge on any atom is -0.384 e. The Kier molecular flexibility index (Phi) is 5.31. The third-order valence-corrected chi connectivity index (χ3v) is 7.19. The Morgan fingerprint density at radius 2 is 1.65 bits per heavy atom. The maximum Gasteiger partial charge on any atom is 0.501 e. The van der Waals surface area contributed by atoms with Crippen molar-refractivity contribution in [3.63, 3.8) is 0 Å². The normalized spacial score (nSPS) is 16.5. The molecule has 1 aliphatic heterocycles. The van der Waals surface area contributed by atoms with Crippen LogP contribution >= 0.6 is 0 Å². The van der Waals surface area contributed by atoms with Crippen LogP contribution in [0, 0.1) is 0 Å². The first-order valence-corrected chi connectivity index (χ1v) is 11.4. The number of anilines is 2. The van der Waals surface area contributed by atoms with Crippen molar-refractivity contribution < 1.29 is 31.2 Å². The van der Waals surface area contributed by atoms with E-state index in [1.54, 1.807) is 38.1 Å². The van der Waals surface area contributed by atoms with Crippen LogP contribution in [0.5, 0.6) is 0 Å². The van der Waals surface area contributed by atoms with Crippen LogP contribution in [0.2, 0.25) is 0 Å². The Morgan fingerprint density at radius 1 is 1.03 bits per heavy atom. The number of halogens is 3. The van der Waals surface area contributed by atoms with Crippen molar-refractivity contribution in [2.24, 2.45) is 0 Å². The fraction of sp³-hybridized carbons (Fsp3) is 0.227. The Bertz CT molecular complexity index is 1420. The molecule has 12 heteroatoms. The van der Waals surface area contributed by atoms with Gasteiger partial charge in [0.25, 0.3) is 15.7 Å². The number of nitrogens with two attached hydrogens (primary N) is 1. The standard InChI is InChI=1S/C22H19F3N4O4S/c1-21(2)19(30)29(14-7-9-15(10-8-14)34(32,33)22(23,24)25)20(31)28(21)12-13-11-18(26)27-17-6-4-3-5-16(13)17/h3-11H,12H2,1-2H3,(H2,26,27). The smallest absolute Gasteiger partial charge is 0.384 e. The van der Waals surface area contributed by atoms with Crippen LogP contribution in [-0.2, 0) is 21.2 Å². The summed E-state index contributed by atoms with van der Waals surface area (Å²) >= 11 is 0. The molecule has 8 nitrogen and oxygen atoms in total. The van der Waals surface area contributed by atoms with Crippen LogP contribution in [0.3, 0.4) is 0 Å². The Balaban J connectivity index is 1.70. The van der Waals surface area contributed by atoms with Crippen molar-refractivity contribution in [2.45, 2.75) is 36.3 Å². The van der Waals surface area contributed by atoms with E-state index in [-0.39, 0.29) is 18.1 Å². The first kappa shape index (κ1) is 23.5. The lowest BCUT2D eigenvalue weighted by Gasteiger charge is -2.28. The number of imide groups is 1. The first-order valence-electron chi connectivity index (χ1n) is 9.97. The van der Waals surface area contributed by atoms with Crippen molar-refractivity contribution in [1.82, 2.24) is 9.88 Å². The molecule has 1 aromatic heterocycles. The highest BCUT2D eigenvalue weighted by Crippen LogP contribution is 2.36. The van der Waals surface area contributed by atoms with Gasteiger partial charge in [0.1, 0.15) is 11.4 Å². The zero-order valence-corrected chi connectivity index (χ0v) is 18.8. The number of urea groups is 1. The van der Waals surface area contributed by atoms with Crippen LogP contribution in [0.1, 0.15) is 19.4 Å². The molecule has 0 unspecified atom stereocenters. The van der Waals surface area contributed by atoms with Gasteiger partial charge in [-0.05, 0) is 55.8 Å². The van der Waals surface area contributed by atoms with Gasteiger partial charge >= 0.3 is 11.5 Å². The summed E-state index contributed by atoms with van der Waals surface area (Å²) in [6, 6.07) is 11.5. The maximum absolute atomic E-state index is 13.3. The summed E-state index contributed by atoms with van der Waals surface area (Å²) in [6.45, 7) is 3.10. The minimum atomic E-state index is -5.56. The number of pyridine rings is 1. The fourth-order valence-electron chi connectivity index (χ4n) is 3.81. The third kappa shape index (κ3) is 3.63. The number of aromatic nitrogens is 1. The number of nitrogen functional groups attached to an aromatic ring is 1. The molecule has 0 spiro atoms. The van der Waals surface area contributed by atoms with Crippen LogP contribution in [0.15, 0.2) is 59.5 Å². The first-order chi connectivity index (χ1) is 15.7. The monoisotopic (exact) mass is 492 g/mol. The molecule has 4 rings (SSSR count). The molecule has 2 N–H and O–H groups in total. The van der Waals surface area contributed by atoms with Crippen molar-refractivity contribution in [3.05, 3.63) is 60.2 Å². The molecule has 0 bridgehead atoms. The lowest BCUT2D eigenvalue weighted by atomic mass is 10.0. The number of carbonyl (C=O) groups excluding carboxylic acids is 2. The molecule has 3 amide bonds. The molecule has 1 saturated heterocycles. The molecule has 2 aromatic carbocycles. The summed E-state index contributed by atoms with van der Waals surface area (Å²) in [5, 5.41) is 0.743. The van der Waals surface area contributed by atoms with Gasteiger partial charge in [-0.1, -0.05) is 18.2 Å².